The van der Waals surface area contributed by atoms with E-state index in [0.717, 1.165) is 6.42 Å². The van der Waals surface area contributed by atoms with Crippen molar-refractivity contribution < 1.29 is 0 Å². The average molecular weight is 489 g/mol. The van der Waals surface area contributed by atoms with Crippen LogP contribution in [0.2, 0.25) is 0 Å². The summed E-state index contributed by atoms with van der Waals surface area (Å²) >= 11 is 0. The molecule has 0 saturated carbocycles. The van der Waals surface area contributed by atoms with Crippen molar-refractivity contribution in [2.24, 2.45) is 0 Å². The van der Waals surface area contributed by atoms with E-state index in [2.05, 4.69) is 131 Å². The molecule has 0 radical (unpaired) electrons. The van der Waals surface area contributed by atoms with Crippen LogP contribution in [0.4, 0.5) is 0 Å². The van der Waals surface area contributed by atoms with Gasteiger partial charge in [-0.2, -0.15) is 0 Å². The molecule has 7 rings (SSSR count). The third-order valence-corrected chi connectivity index (χ3v) is 9.07. The largest absolute Gasteiger partial charge is 0.0619 e. The zero-order chi connectivity index (χ0) is 26.0. The number of benzene rings is 5. The third-order valence-electron chi connectivity index (χ3n) is 9.07. The molecule has 0 saturated heterocycles. The van der Waals surface area contributed by atoms with Crippen LogP contribution in [0.25, 0.3) is 33.1 Å². The van der Waals surface area contributed by atoms with Gasteiger partial charge in [-0.3, -0.25) is 0 Å². The lowest BCUT2D eigenvalue weighted by Gasteiger charge is -2.23. The van der Waals surface area contributed by atoms with Crippen molar-refractivity contribution in [2.75, 3.05) is 0 Å². The number of rotatable bonds is 3. The molecule has 0 amide bonds. The van der Waals surface area contributed by atoms with E-state index in [1.54, 1.807) is 0 Å². The zero-order valence-electron chi connectivity index (χ0n) is 22.6. The lowest BCUT2D eigenvalue weighted by atomic mass is 9.79. The minimum Gasteiger partial charge on any atom is -0.0619 e. The van der Waals surface area contributed by atoms with Crippen LogP contribution in [0.3, 0.4) is 0 Å². The van der Waals surface area contributed by atoms with E-state index in [1.807, 2.05) is 0 Å². The van der Waals surface area contributed by atoms with Crippen LogP contribution in [0.1, 0.15) is 69.8 Å². The monoisotopic (exact) mass is 488 g/mol. The summed E-state index contributed by atoms with van der Waals surface area (Å²) in [5.74, 6) is 0.225. The van der Waals surface area contributed by atoms with E-state index in [1.165, 1.54) is 83.1 Å². The van der Waals surface area contributed by atoms with E-state index in [0.29, 0.717) is 0 Å². The molecule has 0 bridgehead atoms. The standard InChI is InChI=1S/C38H32/c1-23-12-9-19-30(24(23)2)37-25(3)29-16-7-8-18-33(29)38(37)34-21-11-15-28-22-35(26(4)36(28)34)32-20-10-14-27-13-5-6-17-31(27)32/h5-21,38H,22H2,1-4H3. The molecule has 38 heavy (non-hydrogen) atoms. The van der Waals surface area contributed by atoms with Crippen LogP contribution >= 0.6 is 0 Å². The number of hydrogen-bond donors (Lipinski definition) is 0. The lowest BCUT2D eigenvalue weighted by Crippen LogP contribution is -2.06. The Morgan fingerprint density at radius 3 is 2.11 bits per heavy atom. The Labute approximate surface area is 226 Å². The van der Waals surface area contributed by atoms with Gasteiger partial charge in [0.25, 0.3) is 0 Å². The molecule has 5 aromatic rings. The minimum atomic E-state index is 0.225. The molecule has 0 nitrogen and oxygen atoms in total. The van der Waals surface area contributed by atoms with Gasteiger partial charge in [-0.1, -0.05) is 103 Å². The van der Waals surface area contributed by atoms with Gasteiger partial charge in [0, 0.05) is 5.92 Å². The molecule has 2 aliphatic rings. The number of fused-ring (bicyclic) bond motifs is 3. The van der Waals surface area contributed by atoms with E-state index in [4.69, 9.17) is 0 Å². The summed E-state index contributed by atoms with van der Waals surface area (Å²) in [5, 5.41) is 2.65. The molecule has 5 aromatic carbocycles. The second-order valence-electron chi connectivity index (χ2n) is 11.0. The molecule has 0 aliphatic heterocycles. The summed E-state index contributed by atoms with van der Waals surface area (Å²) in [6.07, 6.45) is 0.985. The number of hydrogen-bond acceptors (Lipinski definition) is 0. The second-order valence-corrected chi connectivity index (χ2v) is 11.0. The fraction of sp³-hybridized carbons (Fsp3) is 0.158. The first-order valence-corrected chi connectivity index (χ1v) is 13.7. The normalized spacial score (nSPS) is 16.4. The van der Waals surface area contributed by atoms with Gasteiger partial charge in [-0.15, -0.1) is 0 Å². The summed E-state index contributed by atoms with van der Waals surface area (Å²) in [7, 11) is 0. The van der Waals surface area contributed by atoms with Crippen LogP contribution in [0.5, 0.6) is 0 Å². The number of aryl methyl sites for hydroxylation is 1. The van der Waals surface area contributed by atoms with Crippen LogP contribution in [0.15, 0.2) is 103 Å². The highest BCUT2D eigenvalue weighted by Gasteiger charge is 2.35. The molecule has 0 spiro atoms. The first-order chi connectivity index (χ1) is 18.5. The smallest absolute Gasteiger partial charge is 0.0361 e. The number of allylic oxidation sites excluding steroid dienone is 4. The van der Waals surface area contributed by atoms with Gasteiger partial charge in [0.15, 0.2) is 0 Å². The highest BCUT2D eigenvalue weighted by molar-refractivity contribution is 6.06. The van der Waals surface area contributed by atoms with Crippen molar-refractivity contribution in [1.29, 1.82) is 0 Å². The summed E-state index contributed by atoms with van der Waals surface area (Å²) in [5.41, 5.74) is 18.4. The van der Waals surface area contributed by atoms with Gasteiger partial charge in [0.1, 0.15) is 0 Å². The molecule has 1 atom stereocenters. The van der Waals surface area contributed by atoms with E-state index < -0.39 is 0 Å². The Morgan fingerprint density at radius 1 is 0.553 bits per heavy atom. The van der Waals surface area contributed by atoms with Crippen LogP contribution in [-0.2, 0) is 6.42 Å². The van der Waals surface area contributed by atoms with Crippen LogP contribution in [-0.4, -0.2) is 0 Å². The molecule has 184 valence electrons. The van der Waals surface area contributed by atoms with Crippen molar-refractivity contribution in [1.82, 2.24) is 0 Å². The third kappa shape index (κ3) is 3.30. The fourth-order valence-corrected chi connectivity index (χ4v) is 7.06. The Balaban J connectivity index is 1.47. The maximum Gasteiger partial charge on any atom is 0.0361 e. The molecular weight excluding hydrogens is 456 g/mol. The SMILES string of the molecule is CC1=C(c2cccc(C)c2C)C(c2cccc3c2C(C)=C(c2cccc4ccccc24)C3)c2ccccc21. The summed E-state index contributed by atoms with van der Waals surface area (Å²) in [4.78, 5) is 0. The predicted octanol–water partition coefficient (Wildman–Crippen LogP) is 10.0. The maximum absolute atomic E-state index is 2.39. The summed E-state index contributed by atoms with van der Waals surface area (Å²) < 4.78 is 0. The molecule has 0 N–H and O–H groups in total. The molecule has 0 heterocycles. The average Bonchev–Trinajstić information content (AvgIpc) is 3.44. The van der Waals surface area contributed by atoms with Crippen molar-refractivity contribution in [3.8, 4) is 0 Å². The van der Waals surface area contributed by atoms with Crippen molar-refractivity contribution in [3.63, 3.8) is 0 Å². The fourth-order valence-electron chi connectivity index (χ4n) is 7.06. The van der Waals surface area contributed by atoms with E-state index >= 15 is 0 Å². The van der Waals surface area contributed by atoms with Gasteiger partial charge < -0.3 is 0 Å². The molecule has 1 unspecified atom stereocenters. The van der Waals surface area contributed by atoms with E-state index in [-0.39, 0.29) is 5.92 Å². The van der Waals surface area contributed by atoms with Gasteiger partial charge in [0.2, 0.25) is 0 Å². The lowest BCUT2D eigenvalue weighted by molar-refractivity contribution is 1.05. The highest BCUT2D eigenvalue weighted by Crippen LogP contribution is 2.54. The molecule has 0 heteroatoms. The molecule has 0 aromatic heterocycles. The molecule has 0 fully saturated rings. The first kappa shape index (κ1) is 23.0. The van der Waals surface area contributed by atoms with Crippen molar-refractivity contribution >= 4 is 33.1 Å². The summed E-state index contributed by atoms with van der Waals surface area (Å²) in [6, 6.07) is 38.4. The Kier molecular flexibility index (Phi) is 5.27. The van der Waals surface area contributed by atoms with Gasteiger partial charge >= 0.3 is 0 Å². The van der Waals surface area contributed by atoms with E-state index in [9.17, 15) is 0 Å². The zero-order valence-corrected chi connectivity index (χ0v) is 22.6. The van der Waals surface area contributed by atoms with Crippen molar-refractivity contribution in [3.05, 3.63) is 153 Å². The molecular formula is C38H32. The topological polar surface area (TPSA) is 0 Å². The molecule has 2 aliphatic carbocycles. The highest BCUT2D eigenvalue weighted by atomic mass is 14.4. The minimum absolute atomic E-state index is 0.225. The van der Waals surface area contributed by atoms with Gasteiger partial charge in [-0.05, 0) is 117 Å². The Bertz CT molecular complexity index is 1820. The van der Waals surface area contributed by atoms with Crippen LogP contribution in [0, 0.1) is 13.8 Å². The maximum atomic E-state index is 2.39. The Hall–Kier alpha value is -4.16. The Morgan fingerprint density at radius 2 is 1.21 bits per heavy atom. The van der Waals surface area contributed by atoms with Crippen molar-refractivity contribution in [2.45, 2.75) is 40.0 Å². The second kappa shape index (κ2) is 8.71. The quantitative estimate of drug-likeness (QED) is 0.237. The van der Waals surface area contributed by atoms with Gasteiger partial charge in [-0.25, -0.2) is 0 Å². The predicted molar refractivity (Wildman–Crippen MR) is 163 cm³/mol. The first-order valence-electron chi connectivity index (χ1n) is 13.7. The summed E-state index contributed by atoms with van der Waals surface area (Å²) in [6.45, 7) is 9.18. The van der Waals surface area contributed by atoms with Gasteiger partial charge in [0.05, 0.1) is 0 Å². The van der Waals surface area contributed by atoms with Crippen LogP contribution < -0.4 is 0 Å².